The lowest BCUT2D eigenvalue weighted by Crippen LogP contribution is -2.55. The second-order valence-electron chi connectivity index (χ2n) is 17.3. The molecule has 0 aliphatic heterocycles. The van der Waals surface area contributed by atoms with Crippen molar-refractivity contribution < 1.29 is 0 Å². The topological polar surface area (TPSA) is 3.24 Å². The number of hydrogen-bond donors (Lipinski definition) is 0. The van der Waals surface area contributed by atoms with E-state index in [-0.39, 0.29) is 5.41 Å². The van der Waals surface area contributed by atoms with Gasteiger partial charge in [-0.25, -0.2) is 0 Å². The Morgan fingerprint density at radius 3 is 1.53 bits per heavy atom. The van der Waals surface area contributed by atoms with E-state index >= 15 is 0 Å². The van der Waals surface area contributed by atoms with Crippen LogP contribution in [0.1, 0.15) is 43.2 Å². The van der Waals surface area contributed by atoms with E-state index in [0.29, 0.717) is 0 Å². The highest BCUT2D eigenvalue weighted by atomic mass is 15.1. The molecule has 4 bridgehead atoms. The van der Waals surface area contributed by atoms with Gasteiger partial charge in [0.15, 0.2) is 0 Å². The van der Waals surface area contributed by atoms with Crippen molar-refractivity contribution in [1.82, 2.24) is 0 Å². The van der Waals surface area contributed by atoms with Crippen LogP contribution in [0.5, 0.6) is 0 Å². The lowest BCUT2D eigenvalue weighted by molar-refractivity contribution is -0.0399. The smallest absolute Gasteiger partial charge is 0.0462 e. The van der Waals surface area contributed by atoms with Gasteiger partial charge in [-0.1, -0.05) is 146 Å². The van der Waals surface area contributed by atoms with Gasteiger partial charge in [0.1, 0.15) is 0 Å². The number of benzene rings is 8. The van der Waals surface area contributed by atoms with Crippen molar-refractivity contribution in [3.05, 3.63) is 199 Å². The van der Waals surface area contributed by atoms with Gasteiger partial charge in [0.05, 0.1) is 0 Å². The minimum absolute atomic E-state index is 0.210. The lowest BCUT2D eigenvalue weighted by Gasteiger charge is -2.61. The molecule has 5 aliphatic carbocycles. The van der Waals surface area contributed by atoms with Gasteiger partial charge in [0.2, 0.25) is 0 Å². The third-order valence-electron chi connectivity index (χ3n) is 14.5. The molecular formula is C56H45N. The fraction of sp³-hybridized carbons (Fsp3) is 0.179. The second kappa shape index (κ2) is 12.9. The van der Waals surface area contributed by atoms with Gasteiger partial charge in [0.25, 0.3) is 0 Å². The summed E-state index contributed by atoms with van der Waals surface area (Å²) in [5.41, 5.74) is 17.3. The molecule has 1 spiro atoms. The molecule has 5 aliphatic rings. The fourth-order valence-electron chi connectivity index (χ4n) is 12.3. The summed E-state index contributed by atoms with van der Waals surface area (Å²) in [4.78, 5) is 2.39. The Balaban J connectivity index is 0.917. The van der Waals surface area contributed by atoms with E-state index in [1.807, 2.05) is 0 Å². The Morgan fingerprint density at radius 2 is 0.842 bits per heavy atom. The van der Waals surface area contributed by atoms with Gasteiger partial charge in [-0.05, 0) is 165 Å². The predicted molar refractivity (Wildman–Crippen MR) is 238 cm³/mol. The largest absolute Gasteiger partial charge is 0.311 e. The van der Waals surface area contributed by atoms with Crippen LogP contribution in [0.3, 0.4) is 0 Å². The normalized spacial score (nSPS) is 22.5. The molecule has 57 heavy (non-hydrogen) atoms. The Hall–Kier alpha value is -6.18. The summed E-state index contributed by atoms with van der Waals surface area (Å²) in [7, 11) is 0. The van der Waals surface area contributed by atoms with E-state index in [0.717, 1.165) is 40.7 Å². The van der Waals surface area contributed by atoms with Gasteiger partial charge in [0, 0.05) is 22.5 Å². The highest BCUT2D eigenvalue weighted by Crippen LogP contribution is 2.69. The van der Waals surface area contributed by atoms with E-state index in [4.69, 9.17) is 0 Å². The monoisotopic (exact) mass is 731 g/mol. The first-order valence-electron chi connectivity index (χ1n) is 21.1. The van der Waals surface area contributed by atoms with Gasteiger partial charge in [-0.3, -0.25) is 0 Å². The molecule has 0 aromatic heterocycles. The molecular weight excluding hydrogens is 687 g/mol. The van der Waals surface area contributed by atoms with Crippen LogP contribution < -0.4 is 4.90 Å². The summed E-state index contributed by atoms with van der Waals surface area (Å²) in [5, 5.41) is 2.54. The highest BCUT2D eigenvalue weighted by molar-refractivity contribution is 5.97. The van der Waals surface area contributed by atoms with Crippen LogP contribution in [0.2, 0.25) is 0 Å². The van der Waals surface area contributed by atoms with Gasteiger partial charge in [-0.15, -0.1) is 0 Å². The molecule has 0 atom stereocenters. The van der Waals surface area contributed by atoms with Crippen LogP contribution in [-0.4, -0.2) is 0 Å². The molecule has 0 unspecified atom stereocenters. The fourth-order valence-corrected chi connectivity index (χ4v) is 12.3. The summed E-state index contributed by atoms with van der Waals surface area (Å²) in [6.07, 6.45) is 7.16. The third-order valence-corrected chi connectivity index (χ3v) is 14.5. The predicted octanol–water partition coefficient (Wildman–Crippen LogP) is 15.0. The number of nitrogens with zero attached hydrogens (tertiary/aromatic N) is 1. The van der Waals surface area contributed by atoms with Gasteiger partial charge < -0.3 is 4.90 Å². The molecule has 0 saturated heterocycles. The average molecular weight is 732 g/mol. The van der Waals surface area contributed by atoms with Crippen molar-refractivity contribution in [1.29, 1.82) is 0 Å². The van der Waals surface area contributed by atoms with Crippen molar-refractivity contribution in [2.45, 2.75) is 37.5 Å². The van der Waals surface area contributed by atoms with Crippen LogP contribution >= 0.6 is 0 Å². The number of rotatable bonds is 6. The van der Waals surface area contributed by atoms with Crippen LogP contribution in [-0.2, 0) is 5.41 Å². The standard InChI is InChI=1S/C56H45N/c1-2-9-39(10-3-1)40-17-24-47(25-18-40)57(49-28-21-43(22-29-49)51-15-8-12-42-11-4-5-13-50(42)51)48-26-19-41(20-27-48)44-23-30-55-53(36-44)52-14-6-7-16-54(52)56(55)45-32-37-31-38(34-45)35-46(56)33-37/h1-30,36-38,45-46H,31-35H2. The number of anilines is 3. The van der Waals surface area contributed by atoms with E-state index in [9.17, 15) is 0 Å². The minimum Gasteiger partial charge on any atom is -0.311 e. The molecule has 0 N–H and O–H groups in total. The third kappa shape index (κ3) is 5.14. The molecule has 274 valence electrons. The van der Waals surface area contributed by atoms with Crippen LogP contribution in [0.4, 0.5) is 17.1 Å². The van der Waals surface area contributed by atoms with E-state index in [1.165, 1.54) is 87.4 Å². The Kier molecular flexibility index (Phi) is 7.49. The van der Waals surface area contributed by atoms with Crippen LogP contribution in [0, 0.1) is 23.7 Å². The molecule has 4 fully saturated rings. The highest BCUT2D eigenvalue weighted by Gasteiger charge is 2.61. The van der Waals surface area contributed by atoms with E-state index < -0.39 is 0 Å². The van der Waals surface area contributed by atoms with E-state index in [1.54, 1.807) is 11.1 Å². The minimum atomic E-state index is 0.210. The van der Waals surface area contributed by atoms with Gasteiger partial charge in [-0.2, -0.15) is 0 Å². The summed E-state index contributed by atoms with van der Waals surface area (Å²) in [5.74, 6) is 3.48. The maximum atomic E-state index is 2.54. The average Bonchev–Trinajstić information content (AvgIpc) is 3.56. The van der Waals surface area contributed by atoms with Crippen LogP contribution in [0.15, 0.2) is 188 Å². The summed E-state index contributed by atoms with van der Waals surface area (Å²) in [6.45, 7) is 0. The molecule has 4 saturated carbocycles. The Morgan fingerprint density at radius 1 is 0.351 bits per heavy atom. The summed E-state index contributed by atoms with van der Waals surface area (Å²) in [6, 6.07) is 70.2. The number of fused-ring (bicyclic) bond motifs is 4. The first-order valence-corrected chi connectivity index (χ1v) is 21.1. The summed E-state index contributed by atoms with van der Waals surface area (Å²) >= 11 is 0. The quantitative estimate of drug-likeness (QED) is 0.165. The van der Waals surface area contributed by atoms with Crippen molar-refractivity contribution in [2.75, 3.05) is 4.90 Å². The summed E-state index contributed by atoms with van der Waals surface area (Å²) < 4.78 is 0. The molecule has 0 radical (unpaired) electrons. The van der Waals surface area contributed by atoms with Crippen molar-refractivity contribution in [3.8, 4) is 44.5 Å². The van der Waals surface area contributed by atoms with Crippen molar-refractivity contribution in [3.63, 3.8) is 0 Å². The first-order chi connectivity index (χ1) is 28.2. The van der Waals surface area contributed by atoms with Crippen LogP contribution in [0.25, 0.3) is 55.3 Å². The molecule has 8 aromatic carbocycles. The molecule has 1 heteroatoms. The first kappa shape index (κ1) is 33.0. The van der Waals surface area contributed by atoms with Crippen molar-refractivity contribution in [2.24, 2.45) is 23.7 Å². The number of hydrogen-bond acceptors (Lipinski definition) is 1. The molecule has 8 aromatic rings. The van der Waals surface area contributed by atoms with Gasteiger partial charge >= 0.3 is 0 Å². The van der Waals surface area contributed by atoms with Crippen molar-refractivity contribution >= 4 is 27.8 Å². The Bertz CT molecular complexity index is 2740. The Labute approximate surface area is 336 Å². The molecule has 0 amide bonds. The molecule has 1 nitrogen and oxygen atoms in total. The molecule has 13 rings (SSSR count). The maximum absolute atomic E-state index is 2.54. The zero-order valence-electron chi connectivity index (χ0n) is 32.2. The maximum Gasteiger partial charge on any atom is 0.0462 e. The zero-order valence-corrected chi connectivity index (χ0v) is 32.2. The lowest BCUT2D eigenvalue weighted by atomic mass is 9.43. The molecule has 0 heterocycles. The SMILES string of the molecule is c1ccc(-c2ccc(N(c3ccc(-c4ccc5c(c4)-c4ccccc4C54C5CC6CC(C5)CC4C6)cc3)c3ccc(-c4cccc5ccccc45)cc3)cc2)cc1. The van der Waals surface area contributed by atoms with E-state index in [2.05, 4.69) is 193 Å². The second-order valence-corrected chi connectivity index (χ2v) is 17.3. The zero-order chi connectivity index (χ0) is 37.5.